The Morgan fingerprint density at radius 3 is 1.51 bits per heavy atom. The van der Waals surface area contributed by atoms with Crippen molar-refractivity contribution in [2.45, 2.75) is 140 Å². The van der Waals surface area contributed by atoms with Crippen LogP contribution in [0.5, 0.6) is 17.2 Å². The molecular formula is C40H54O3. The van der Waals surface area contributed by atoms with Crippen LogP contribution in [-0.2, 0) is 5.41 Å². The van der Waals surface area contributed by atoms with Crippen molar-refractivity contribution in [3.63, 3.8) is 0 Å². The molecule has 232 valence electrons. The monoisotopic (exact) mass is 582 g/mol. The second kappa shape index (κ2) is 15.2. The van der Waals surface area contributed by atoms with E-state index in [-0.39, 0.29) is 5.75 Å². The van der Waals surface area contributed by atoms with Gasteiger partial charge >= 0.3 is 0 Å². The first kappa shape index (κ1) is 31.5. The zero-order chi connectivity index (χ0) is 30.1. The number of unbranched alkanes of at least 4 members (excludes halogenated alkanes) is 6. The van der Waals surface area contributed by atoms with Crippen molar-refractivity contribution >= 4 is 0 Å². The van der Waals surface area contributed by atoms with Crippen LogP contribution in [0.2, 0.25) is 0 Å². The molecule has 3 aromatic rings. The van der Waals surface area contributed by atoms with E-state index < -0.39 is 5.41 Å². The summed E-state index contributed by atoms with van der Waals surface area (Å²) in [4.78, 5) is 0. The summed E-state index contributed by atoms with van der Waals surface area (Å²) in [5.74, 6) is 1.61. The molecule has 0 aromatic heterocycles. The SMILES string of the molecule is CCCCCCCCCC(c1ccccc1O)(c1cccc(C2CCCCC2)c1O)c1cccc(C2CCCCC2)c1O. The minimum absolute atomic E-state index is 0.218. The molecule has 3 nitrogen and oxygen atoms in total. The summed E-state index contributed by atoms with van der Waals surface area (Å²) in [7, 11) is 0. The topological polar surface area (TPSA) is 60.7 Å². The molecule has 2 saturated carbocycles. The van der Waals surface area contributed by atoms with E-state index in [0.29, 0.717) is 29.8 Å². The third-order valence-corrected chi connectivity index (χ3v) is 10.7. The highest BCUT2D eigenvalue weighted by molar-refractivity contribution is 5.64. The molecule has 43 heavy (non-hydrogen) atoms. The van der Waals surface area contributed by atoms with Crippen LogP contribution in [0.3, 0.4) is 0 Å². The normalized spacial score (nSPS) is 16.9. The highest BCUT2D eigenvalue weighted by atomic mass is 16.3. The predicted octanol–water partition coefficient (Wildman–Crippen LogP) is 11.4. The molecule has 0 heterocycles. The fourth-order valence-corrected chi connectivity index (χ4v) is 8.32. The molecule has 0 amide bonds. The van der Waals surface area contributed by atoms with Crippen LogP contribution in [0.25, 0.3) is 0 Å². The van der Waals surface area contributed by atoms with Gasteiger partial charge in [0, 0.05) is 16.7 Å². The fraction of sp³-hybridized carbons (Fsp3) is 0.550. The lowest BCUT2D eigenvalue weighted by atomic mass is 9.64. The quantitative estimate of drug-likeness (QED) is 0.139. The molecule has 5 rings (SSSR count). The number of benzene rings is 3. The van der Waals surface area contributed by atoms with Gasteiger partial charge in [-0.25, -0.2) is 0 Å². The number of rotatable bonds is 13. The van der Waals surface area contributed by atoms with Crippen molar-refractivity contribution in [3.8, 4) is 17.2 Å². The second-order valence-corrected chi connectivity index (χ2v) is 13.5. The van der Waals surface area contributed by atoms with Crippen molar-refractivity contribution in [3.05, 3.63) is 88.5 Å². The van der Waals surface area contributed by atoms with Gasteiger partial charge in [0.25, 0.3) is 0 Å². The molecule has 0 atom stereocenters. The summed E-state index contributed by atoms with van der Waals surface area (Å²) in [6.07, 6.45) is 20.7. The van der Waals surface area contributed by atoms with E-state index in [1.807, 2.05) is 18.2 Å². The van der Waals surface area contributed by atoms with E-state index in [4.69, 9.17) is 0 Å². The average molecular weight is 583 g/mol. The second-order valence-electron chi connectivity index (χ2n) is 13.5. The van der Waals surface area contributed by atoms with E-state index in [9.17, 15) is 15.3 Å². The summed E-state index contributed by atoms with van der Waals surface area (Å²) in [6.45, 7) is 2.25. The molecule has 3 aromatic carbocycles. The van der Waals surface area contributed by atoms with Crippen LogP contribution in [0.1, 0.15) is 162 Å². The maximum absolute atomic E-state index is 12.2. The van der Waals surface area contributed by atoms with Gasteiger partial charge in [-0.3, -0.25) is 0 Å². The smallest absolute Gasteiger partial charge is 0.123 e. The minimum atomic E-state index is -0.877. The first-order valence-electron chi connectivity index (χ1n) is 17.5. The van der Waals surface area contributed by atoms with Gasteiger partial charge in [0.05, 0.1) is 5.41 Å². The molecule has 3 N–H and O–H groups in total. The summed E-state index contributed by atoms with van der Waals surface area (Å²) in [5, 5.41) is 36.0. The Hall–Kier alpha value is -2.94. The number of para-hydroxylation sites is 3. The van der Waals surface area contributed by atoms with Crippen molar-refractivity contribution < 1.29 is 15.3 Å². The zero-order valence-electron chi connectivity index (χ0n) is 26.5. The molecule has 0 aliphatic heterocycles. The zero-order valence-corrected chi connectivity index (χ0v) is 26.5. The van der Waals surface area contributed by atoms with Crippen LogP contribution in [-0.4, -0.2) is 15.3 Å². The molecule has 0 unspecified atom stereocenters. The third-order valence-electron chi connectivity index (χ3n) is 10.7. The van der Waals surface area contributed by atoms with Gasteiger partial charge in [-0.1, -0.05) is 145 Å². The van der Waals surface area contributed by atoms with Crippen molar-refractivity contribution in [2.75, 3.05) is 0 Å². The first-order chi connectivity index (χ1) is 21.1. The lowest BCUT2D eigenvalue weighted by Gasteiger charge is -2.39. The van der Waals surface area contributed by atoms with E-state index >= 15 is 0 Å². The third kappa shape index (κ3) is 6.92. The van der Waals surface area contributed by atoms with Gasteiger partial charge in [0.2, 0.25) is 0 Å². The maximum atomic E-state index is 12.2. The Kier molecular flexibility index (Phi) is 11.1. The Bertz CT molecular complexity index is 1230. The van der Waals surface area contributed by atoms with Gasteiger partial charge in [0.1, 0.15) is 17.2 Å². The summed E-state index contributed by atoms with van der Waals surface area (Å²) in [5.41, 5.74) is 3.59. The van der Waals surface area contributed by atoms with Gasteiger partial charge in [0.15, 0.2) is 0 Å². The first-order valence-corrected chi connectivity index (χ1v) is 17.5. The highest BCUT2D eigenvalue weighted by Crippen LogP contribution is 2.55. The van der Waals surface area contributed by atoms with Gasteiger partial charge < -0.3 is 15.3 Å². The van der Waals surface area contributed by atoms with Crippen molar-refractivity contribution in [1.82, 2.24) is 0 Å². The summed E-state index contributed by atoms with van der Waals surface area (Å²) in [6, 6.07) is 20.2. The largest absolute Gasteiger partial charge is 0.508 e. The molecule has 2 fully saturated rings. The summed E-state index contributed by atoms with van der Waals surface area (Å²) >= 11 is 0. The van der Waals surface area contributed by atoms with Gasteiger partial charge in [-0.05, 0) is 61.1 Å². The maximum Gasteiger partial charge on any atom is 0.123 e. The minimum Gasteiger partial charge on any atom is -0.508 e. The lowest BCUT2D eigenvalue weighted by molar-refractivity contribution is 0.381. The van der Waals surface area contributed by atoms with Crippen LogP contribution in [0, 0.1) is 0 Å². The molecule has 0 radical (unpaired) electrons. The lowest BCUT2D eigenvalue weighted by Crippen LogP contribution is -2.31. The molecule has 2 aliphatic carbocycles. The van der Waals surface area contributed by atoms with Crippen molar-refractivity contribution in [1.29, 1.82) is 0 Å². The van der Waals surface area contributed by atoms with Gasteiger partial charge in [-0.15, -0.1) is 0 Å². The Morgan fingerprint density at radius 1 is 0.535 bits per heavy atom. The van der Waals surface area contributed by atoms with E-state index in [0.717, 1.165) is 66.3 Å². The van der Waals surface area contributed by atoms with Crippen molar-refractivity contribution in [2.24, 2.45) is 0 Å². The summed E-state index contributed by atoms with van der Waals surface area (Å²) < 4.78 is 0. The molecule has 0 spiro atoms. The fourth-order valence-electron chi connectivity index (χ4n) is 8.32. The predicted molar refractivity (Wildman–Crippen MR) is 178 cm³/mol. The number of aromatic hydroxyl groups is 3. The number of phenolic OH excluding ortho intramolecular Hbond substituents is 3. The Labute approximate surface area is 260 Å². The van der Waals surface area contributed by atoms with E-state index in [2.05, 4.69) is 43.3 Å². The number of hydrogen-bond donors (Lipinski definition) is 3. The van der Waals surface area contributed by atoms with E-state index in [1.165, 1.54) is 70.6 Å². The highest BCUT2D eigenvalue weighted by Gasteiger charge is 2.43. The molecule has 0 bridgehead atoms. The molecule has 0 saturated heterocycles. The molecular weight excluding hydrogens is 528 g/mol. The Balaban J connectivity index is 1.67. The van der Waals surface area contributed by atoms with E-state index in [1.54, 1.807) is 6.07 Å². The van der Waals surface area contributed by atoms with Crippen LogP contribution in [0.15, 0.2) is 60.7 Å². The molecule has 2 aliphatic rings. The average Bonchev–Trinajstić information content (AvgIpc) is 3.04. The van der Waals surface area contributed by atoms with Crippen LogP contribution >= 0.6 is 0 Å². The Morgan fingerprint density at radius 2 is 1.00 bits per heavy atom. The number of phenols is 3. The standard InChI is InChI=1S/C40H54O3/c1-2-3-4-5-6-7-16-29-40(34-25-14-15-28-37(34)41,35-26-17-23-32(38(35)42)30-19-10-8-11-20-30)36-27-18-24-33(39(36)43)31-21-12-9-13-22-31/h14-15,17-18,23-28,30-31,41-43H,2-13,16,19-22,29H2,1H3. The van der Waals surface area contributed by atoms with Crippen LogP contribution < -0.4 is 0 Å². The van der Waals surface area contributed by atoms with Crippen LogP contribution in [0.4, 0.5) is 0 Å². The molecule has 3 heteroatoms. The van der Waals surface area contributed by atoms with Gasteiger partial charge in [-0.2, -0.15) is 0 Å². The number of hydrogen-bond acceptors (Lipinski definition) is 3.